The molecule has 1 rings (SSSR count). The molecule has 100 valence electrons. The molecule has 0 heterocycles. The first-order valence-electron chi connectivity index (χ1n) is 6.91. The normalized spacial score (nSPS) is 24.2. The second-order valence-corrected chi connectivity index (χ2v) is 5.94. The van der Waals surface area contributed by atoms with Crippen LogP contribution in [0.5, 0.6) is 0 Å². The van der Waals surface area contributed by atoms with Crippen molar-refractivity contribution in [3.05, 3.63) is 0 Å². The summed E-state index contributed by atoms with van der Waals surface area (Å²) in [4.78, 5) is 11.1. The van der Waals surface area contributed by atoms with Crippen LogP contribution >= 0.6 is 0 Å². The Bertz CT molecular complexity index is 257. The number of carboxylic acid groups (broad SMARTS) is 1. The van der Waals surface area contributed by atoms with Crippen molar-refractivity contribution in [1.82, 2.24) is 0 Å². The molecule has 0 aromatic rings. The molecule has 3 heteroatoms. The van der Waals surface area contributed by atoms with Crippen molar-refractivity contribution in [2.75, 3.05) is 0 Å². The average molecular weight is 241 g/mol. The molecule has 0 radical (unpaired) electrons. The average Bonchev–Trinajstić information content (AvgIpc) is 2.78. The second-order valence-electron chi connectivity index (χ2n) is 5.94. The molecule has 1 saturated carbocycles. The van der Waals surface area contributed by atoms with E-state index in [1.165, 1.54) is 25.7 Å². The van der Waals surface area contributed by atoms with E-state index in [1.54, 1.807) is 6.92 Å². The third-order valence-electron chi connectivity index (χ3n) is 4.73. The molecule has 0 bridgehead atoms. The molecule has 3 nitrogen and oxygen atoms in total. The highest BCUT2D eigenvalue weighted by Crippen LogP contribution is 2.37. The summed E-state index contributed by atoms with van der Waals surface area (Å²) in [5.41, 5.74) is 4.81. The van der Waals surface area contributed by atoms with Gasteiger partial charge in [-0.05, 0) is 31.1 Å². The molecule has 3 atom stereocenters. The summed E-state index contributed by atoms with van der Waals surface area (Å²) >= 11 is 0. The molecule has 0 amide bonds. The Hall–Kier alpha value is -0.570. The Balaban J connectivity index is 2.58. The van der Waals surface area contributed by atoms with Crippen LogP contribution in [0.25, 0.3) is 0 Å². The van der Waals surface area contributed by atoms with Crippen LogP contribution in [0.15, 0.2) is 0 Å². The first-order chi connectivity index (χ1) is 7.89. The van der Waals surface area contributed by atoms with Crippen molar-refractivity contribution in [1.29, 1.82) is 0 Å². The molecule has 3 unspecified atom stereocenters. The lowest BCUT2D eigenvalue weighted by molar-refractivity contribution is -0.144. The number of hydrogen-bond donors (Lipinski definition) is 2. The van der Waals surface area contributed by atoms with Crippen LogP contribution in [-0.4, -0.2) is 16.6 Å². The molecular weight excluding hydrogens is 214 g/mol. The van der Waals surface area contributed by atoms with Crippen LogP contribution in [0.2, 0.25) is 0 Å². The van der Waals surface area contributed by atoms with Gasteiger partial charge in [0.1, 0.15) is 5.54 Å². The van der Waals surface area contributed by atoms with Gasteiger partial charge in [0.2, 0.25) is 0 Å². The predicted molar refractivity (Wildman–Crippen MR) is 69.7 cm³/mol. The molecule has 0 saturated heterocycles. The Morgan fingerprint density at radius 3 is 2.41 bits per heavy atom. The van der Waals surface area contributed by atoms with Gasteiger partial charge in [-0.15, -0.1) is 0 Å². The maximum absolute atomic E-state index is 11.1. The number of hydrogen-bond acceptors (Lipinski definition) is 2. The summed E-state index contributed by atoms with van der Waals surface area (Å²) in [6, 6.07) is 0. The number of nitrogens with two attached hydrogens (primary N) is 1. The maximum atomic E-state index is 11.1. The zero-order valence-corrected chi connectivity index (χ0v) is 11.4. The van der Waals surface area contributed by atoms with Gasteiger partial charge in [0.25, 0.3) is 0 Å². The van der Waals surface area contributed by atoms with Gasteiger partial charge in [-0.2, -0.15) is 0 Å². The number of carboxylic acids is 1. The van der Waals surface area contributed by atoms with Gasteiger partial charge in [0, 0.05) is 0 Å². The van der Waals surface area contributed by atoms with Crippen molar-refractivity contribution >= 4 is 5.97 Å². The number of aliphatic carboxylic acids is 1. The van der Waals surface area contributed by atoms with Gasteiger partial charge in [0.15, 0.2) is 0 Å². The third-order valence-corrected chi connectivity index (χ3v) is 4.73. The molecule has 0 spiro atoms. The van der Waals surface area contributed by atoms with E-state index in [9.17, 15) is 4.79 Å². The van der Waals surface area contributed by atoms with Gasteiger partial charge < -0.3 is 10.8 Å². The minimum atomic E-state index is -1.09. The van der Waals surface area contributed by atoms with Crippen molar-refractivity contribution in [3.8, 4) is 0 Å². The van der Waals surface area contributed by atoms with Crippen molar-refractivity contribution in [3.63, 3.8) is 0 Å². The fourth-order valence-corrected chi connectivity index (χ4v) is 3.03. The van der Waals surface area contributed by atoms with Gasteiger partial charge in [0.05, 0.1) is 0 Å². The molecule has 0 aromatic carbocycles. The lowest BCUT2D eigenvalue weighted by atomic mass is 9.76. The molecular formula is C14H27NO2. The quantitative estimate of drug-likeness (QED) is 0.751. The van der Waals surface area contributed by atoms with E-state index in [1.807, 2.05) is 6.92 Å². The van der Waals surface area contributed by atoms with E-state index in [0.29, 0.717) is 5.92 Å². The lowest BCUT2D eigenvalue weighted by Crippen LogP contribution is -2.51. The fourth-order valence-electron chi connectivity index (χ4n) is 3.03. The Labute approximate surface area is 105 Å². The summed E-state index contributed by atoms with van der Waals surface area (Å²) in [6.45, 7) is 5.83. The van der Waals surface area contributed by atoms with E-state index >= 15 is 0 Å². The first-order valence-corrected chi connectivity index (χ1v) is 6.91. The molecule has 1 aliphatic carbocycles. The van der Waals surface area contributed by atoms with E-state index in [-0.39, 0.29) is 5.92 Å². The van der Waals surface area contributed by atoms with E-state index in [0.717, 1.165) is 18.8 Å². The Morgan fingerprint density at radius 1 is 1.47 bits per heavy atom. The van der Waals surface area contributed by atoms with Crippen LogP contribution in [-0.2, 0) is 4.79 Å². The maximum Gasteiger partial charge on any atom is 0.323 e. The molecule has 1 fully saturated rings. The fraction of sp³-hybridized carbons (Fsp3) is 0.929. The van der Waals surface area contributed by atoms with Gasteiger partial charge in [-0.3, -0.25) is 4.79 Å². The monoisotopic (exact) mass is 241 g/mol. The number of carbonyl (C=O) groups is 1. The molecule has 17 heavy (non-hydrogen) atoms. The van der Waals surface area contributed by atoms with Crippen LogP contribution < -0.4 is 5.73 Å². The number of rotatable bonds is 6. The third kappa shape index (κ3) is 3.44. The van der Waals surface area contributed by atoms with E-state index in [2.05, 4.69) is 6.92 Å². The minimum absolute atomic E-state index is 0.0329. The first kappa shape index (κ1) is 14.5. The summed E-state index contributed by atoms with van der Waals surface area (Å²) in [6.07, 6.45) is 7.41. The van der Waals surface area contributed by atoms with Gasteiger partial charge in [-0.25, -0.2) is 0 Å². The van der Waals surface area contributed by atoms with Gasteiger partial charge >= 0.3 is 5.97 Å². The standard InChI is InChI=1S/C14H27NO2/c1-4-11(12-7-5-6-8-12)9-10(2)14(3,15)13(16)17/h10-12H,4-9,15H2,1-3H3,(H,16,17). The molecule has 3 N–H and O–H groups in total. The van der Waals surface area contributed by atoms with Crippen LogP contribution in [0.3, 0.4) is 0 Å². The Morgan fingerprint density at radius 2 is 2.00 bits per heavy atom. The van der Waals surface area contributed by atoms with Gasteiger partial charge in [-0.1, -0.05) is 46.0 Å². The Kier molecular flexibility index (Phi) is 4.99. The van der Waals surface area contributed by atoms with Crippen LogP contribution in [0.4, 0.5) is 0 Å². The van der Waals surface area contributed by atoms with Crippen LogP contribution in [0.1, 0.15) is 59.3 Å². The zero-order chi connectivity index (χ0) is 13.1. The summed E-state index contributed by atoms with van der Waals surface area (Å²) in [5, 5.41) is 9.14. The highest BCUT2D eigenvalue weighted by atomic mass is 16.4. The summed E-state index contributed by atoms with van der Waals surface area (Å²) in [7, 11) is 0. The smallest absolute Gasteiger partial charge is 0.323 e. The van der Waals surface area contributed by atoms with Crippen molar-refractivity contribution in [2.45, 2.75) is 64.8 Å². The predicted octanol–water partition coefficient (Wildman–Crippen LogP) is 3.03. The summed E-state index contributed by atoms with van der Waals surface area (Å²) in [5.74, 6) is 0.596. The molecule has 0 aromatic heterocycles. The SMILES string of the molecule is CCC(CC(C)C(C)(N)C(=O)O)C1CCCC1. The minimum Gasteiger partial charge on any atom is -0.480 e. The van der Waals surface area contributed by atoms with E-state index in [4.69, 9.17) is 10.8 Å². The lowest BCUT2D eigenvalue weighted by Gasteiger charge is -2.32. The highest BCUT2D eigenvalue weighted by Gasteiger charge is 2.37. The molecule has 0 aliphatic heterocycles. The summed E-state index contributed by atoms with van der Waals surface area (Å²) < 4.78 is 0. The second kappa shape index (κ2) is 5.85. The largest absolute Gasteiger partial charge is 0.480 e. The molecule has 1 aliphatic rings. The van der Waals surface area contributed by atoms with Crippen molar-refractivity contribution < 1.29 is 9.90 Å². The van der Waals surface area contributed by atoms with E-state index < -0.39 is 11.5 Å². The topological polar surface area (TPSA) is 63.3 Å². The zero-order valence-electron chi connectivity index (χ0n) is 11.4. The van der Waals surface area contributed by atoms with Crippen molar-refractivity contribution in [2.24, 2.45) is 23.5 Å². The highest BCUT2D eigenvalue weighted by molar-refractivity contribution is 5.78. The van der Waals surface area contributed by atoms with Crippen LogP contribution in [0, 0.1) is 17.8 Å².